The quantitative estimate of drug-likeness (QED) is 0.560. The molecule has 0 rings (SSSR count). The Morgan fingerprint density at radius 2 is 2.00 bits per heavy atom. The van der Waals surface area contributed by atoms with Crippen LogP contribution in [0.15, 0.2) is 0 Å². The van der Waals surface area contributed by atoms with Crippen LogP contribution in [-0.4, -0.2) is 26.8 Å². The van der Waals surface area contributed by atoms with Gasteiger partial charge in [-0.1, -0.05) is 13.3 Å². The molecule has 13 heavy (non-hydrogen) atoms. The van der Waals surface area contributed by atoms with Crippen molar-refractivity contribution in [3.05, 3.63) is 0 Å². The molecule has 2 heteroatoms. The monoisotopic (exact) mass is 187 g/mol. The maximum atomic E-state index is 5.32. The van der Waals surface area contributed by atoms with Gasteiger partial charge in [-0.3, -0.25) is 0 Å². The van der Waals surface area contributed by atoms with Crippen LogP contribution in [0.2, 0.25) is 0 Å². The molecular formula is C11H25NO. The maximum absolute atomic E-state index is 5.32. The summed E-state index contributed by atoms with van der Waals surface area (Å²) in [4.78, 5) is 0. The molecule has 0 radical (unpaired) electrons. The Balaban J connectivity index is 3.33. The fourth-order valence-corrected chi connectivity index (χ4v) is 1.66. The van der Waals surface area contributed by atoms with E-state index >= 15 is 0 Å². The molecule has 0 aliphatic carbocycles. The summed E-state index contributed by atoms with van der Waals surface area (Å²) in [5, 5.41) is 3.25. The highest BCUT2D eigenvalue weighted by Crippen LogP contribution is 2.12. The summed E-state index contributed by atoms with van der Waals surface area (Å²) in [6, 6.07) is 0. The fourth-order valence-electron chi connectivity index (χ4n) is 1.66. The summed E-state index contributed by atoms with van der Waals surface area (Å²) >= 11 is 0. The Labute approximate surface area is 83.1 Å². The predicted molar refractivity (Wildman–Crippen MR) is 58.1 cm³/mol. The maximum Gasteiger partial charge on any atom is 0.0466 e. The van der Waals surface area contributed by atoms with Gasteiger partial charge in [-0.25, -0.2) is 0 Å². The number of rotatable bonds is 9. The lowest BCUT2D eigenvalue weighted by molar-refractivity contribution is 0.138. The van der Waals surface area contributed by atoms with Gasteiger partial charge in [0, 0.05) is 13.2 Å². The molecule has 1 N–H and O–H groups in total. The lowest BCUT2D eigenvalue weighted by Gasteiger charge is -2.15. The summed E-state index contributed by atoms with van der Waals surface area (Å²) in [6.07, 6.45) is 5.14. The van der Waals surface area contributed by atoms with E-state index in [9.17, 15) is 0 Å². The number of nitrogens with one attached hydrogen (secondary N) is 1. The minimum atomic E-state index is 0.843. The van der Waals surface area contributed by atoms with Crippen LogP contribution in [0.1, 0.15) is 39.5 Å². The van der Waals surface area contributed by atoms with E-state index in [2.05, 4.69) is 19.2 Å². The average molecular weight is 187 g/mol. The van der Waals surface area contributed by atoms with Gasteiger partial charge in [0.05, 0.1) is 0 Å². The Kier molecular flexibility index (Phi) is 9.94. The van der Waals surface area contributed by atoms with Crippen LogP contribution in [-0.2, 0) is 4.74 Å². The van der Waals surface area contributed by atoms with Crippen molar-refractivity contribution in [1.82, 2.24) is 5.32 Å². The normalized spacial score (nSPS) is 13.2. The highest BCUT2D eigenvalue weighted by molar-refractivity contribution is 4.60. The average Bonchev–Trinajstić information content (AvgIpc) is 2.13. The van der Waals surface area contributed by atoms with Crippen LogP contribution in [0.3, 0.4) is 0 Å². The van der Waals surface area contributed by atoms with Gasteiger partial charge in [0.25, 0.3) is 0 Å². The van der Waals surface area contributed by atoms with E-state index in [0.717, 1.165) is 25.7 Å². The molecule has 0 spiro atoms. The largest absolute Gasteiger partial charge is 0.382 e. The first-order valence-electron chi connectivity index (χ1n) is 5.57. The number of hydrogen-bond acceptors (Lipinski definition) is 2. The highest BCUT2D eigenvalue weighted by Gasteiger charge is 2.05. The second-order valence-electron chi connectivity index (χ2n) is 3.55. The van der Waals surface area contributed by atoms with Gasteiger partial charge in [-0.05, 0) is 45.7 Å². The van der Waals surface area contributed by atoms with Crippen molar-refractivity contribution in [1.29, 1.82) is 0 Å². The van der Waals surface area contributed by atoms with E-state index in [1.165, 1.54) is 25.7 Å². The number of ether oxygens (including phenoxy) is 1. The van der Waals surface area contributed by atoms with Crippen molar-refractivity contribution in [2.24, 2.45) is 5.92 Å². The zero-order chi connectivity index (χ0) is 9.94. The van der Waals surface area contributed by atoms with Crippen LogP contribution in [0.5, 0.6) is 0 Å². The second kappa shape index (κ2) is 10.0. The van der Waals surface area contributed by atoms with Crippen LogP contribution < -0.4 is 5.32 Å². The van der Waals surface area contributed by atoms with Crippen LogP contribution in [0, 0.1) is 5.92 Å². The van der Waals surface area contributed by atoms with Crippen molar-refractivity contribution in [3.8, 4) is 0 Å². The second-order valence-corrected chi connectivity index (χ2v) is 3.55. The molecule has 0 aromatic carbocycles. The minimum absolute atomic E-state index is 0.843. The van der Waals surface area contributed by atoms with Crippen molar-refractivity contribution >= 4 is 0 Å². The molecule has 0 saturated heterocycles. The highest BCUT2D eigenvalue weighted by atomic mass is 16.5. The van der Waals surface area contributed by atoms with Gasteiger partial charge in [0.1, 0.15) is 0 Å². The van der Waals surface area contributed by atoms with Crippen molar-refractivity contribution < 1.29 is 4.74 Å². The summed E-state index contributed by atoms with van der Waals surface area (Å²) in [5.41, 5.74) is 0. The zero-order valence-electron chi connectivity index (χ0n) is 9.44. The summed E-state index contributed by atoms with van der Waals surface area (Å²) in [6.45, 7) is 7.24. The Morgan fingerprint density at radius 3 is 2.54 bits per heavy atom. The molecule has 1 unspecified atom stereocenters. The van der Waals surface area contributed by atoms with E-state index in [-0.39, 0.29) is 0 Å². The molecule has 0 saturated carbocycles. The SMILES string of the molecule is CCCC(CCCOCC)CNC. The first-order valence-corrected chi connectivity index (χ1v) is 5.57. The predicted octanol–water partition coefficient (Wildman–Crippen LogP) is 2.44. The summed E-state index contributed by atoms with van der Waals surface area (Å²) in [5.74, 6) is 0.843. The summed E-state index contributed by atoms with van der Waals surface area (Å²) in [7, 11) is 2.03. The Morgan fingerprint density at radius 1 is 1.23 bits per heavy atom. The van der Waals surface area contributed by atoms with E-state index in [4.69, 9.17) is 4.74 Å². The fraction of sp³-hybridized carbons (Fsp3) is 1.00. The van der Waals surface area contributed by atoms with E-state index in [0.29, 0.717) is 0 Å². The molecule has 1 atom stereocenters. The summed E-state index contributed by atoms with van der Waals surface area (Å²) < 4.78 is 5.32. The molecule has 80 valence electrons. The molecule has 2 nitrogen and oxygen atoms in total. The van der Waals surface area contributed by atoms with Gasteiger partial charge in [0.15, 0.2) is 0 Å². The topological polar surface area (TPSA) is 21.3 Å². The van der Waals surface area contributed by atoms with Gasteiger partial charge < -0.3 is 10.1 Å². The van der Waals surface area contributed by atoms with Gasteiger partial charge >= 0.3 is 0 Å². The molecule has 0 aromatic heterocycles. The van der Waals surface area contributed by atoms with Crippen LogP contribution in [0.4, 0.5) is 0 Å². The first-order chi connectivity index (χ1) is 6.35. The molecule has 0 fully saturated rings. The Bertz CT molecular complexity index is 90.1. The zero-order valence-corrected chi connectivity index (χ0v) is 9.44. The Hall–Kier alpha value is -0.0800. The van der Waals surface area contributed by atoms with Gasteiger partial charge in [0.2, 0.25) is 0 Å². The lowest BCUT2D eigenvalue weighted by atomic mass is 9.98. The van der Waals surface area contributed by atoms with E-state index < -0.39 is 0 Å². The first kappa shape index (κ1) is 12.9. The van der Waals surface area contributed by atoms with Crippen molar-refractivity contribution in [2.75, 3.05) is 26.8 Å². The smallest absolute Gasteiger partial charge is 0.0466 e. The van der Waals surface area contributed by atoms with Gasteiger partial charge in [-0.2, -0.15) is 0 Å². The van der Waals surface area contributed by atoms with Crippen molar-refractivity contribution in [3.63, 3.8) is 0 Å². The van der Waals surface area contributed by atoms with E-state index in [1.54, 1.807) is 0 Å². The standard InChI is InChI=1S/C11H25NO/c1-4-7-11(10-12-3)8-6-9-13-5-2/h11-12H,4-10H2,1-3H3. The van der Waals surface area contributed by atoms with E-state index in [1.807, 2.05) is 7.05 Å². The van der Waals surface area contributed by atoms with Crippen molar-refractivity contribution in [2.45, 2.75) is 39.5 Å². The third kappa shape index (κ3) is 8.26. The molecule has 0 aliphatic rings. The molecule has 0 heterocycles. The third-order valence-corrected chi connectivity index (χ3v) is 2.29. The third-order valence-electron chi connectivity index (χ3n) is 2.29. The molecular weight excluding hydrogens is 162 g/mol. The van der Waals surface area contributed by atoms with Crippen LogP contribution >= 0.6 is 0 Å². The molecule has 0 bridgehead atoms. The minimum Gasteiger partial charge on any atom is -0.382 e. The molecule has 0 amide bonds. The lowest BCUT2D eigenvalue weighted by Crippen LogP contribution is -2.19. The molecule has 0 aliphatic heterocycles. The molecule has 0 aromatic rings. The number of hydrogen-bond donors (Lipinski definition) is 1. The van der Waals surface area contributed by atoms with Gasteiger partial charge in [-0.15, -0.1) is 0 Å². The van der Waals surface area contributed by atoms with Crippen LogP contribution in [0.25, 0.3) is 0 Å².